The first kappa shape index (κ1) is 14.4. The molecule has 0 aromatic heterocycles. The summed E-state index contributed by atoms with van der Waals surface area (Å²) >= 11 is 0. The number of nitrogens with one attached hydrogen (secondary N) is 1. The Kier molecular flexibility index (Phi) is 3.86. The summed E-state index contributed by atoms with van der Waals surface area (Å²) in [7, 11) is 2.01. The molecule has 3 heteroatoms. The summed E-state index contributed by atoms with van der Waals surface area (Å²) in [5.74, 6) is 0. The van der Waals surface area contributed by atoms with Gasteiger partial charge in [0.15, 0.2) is 0 Å². The second kappa shape index (κ2) is 6.15. The topological polar surface area (TPSA) is 18.5 Å². The van der Waals surface area contributed by atoms with Gasteiger partial charge in [-0.15, -0.1) is 0 Å². The molecule has 2 heterocycles. The SMILES string of the molecule is CNc1cc(N2CCC2)ccc1/C=C1/C=CC(N2CCC2)=CC1. The smallest absolute Gasteiger partial charge is 0.0432 e. The molecule has 4 rings (SSSR count). The molecule has 2 saturated heterocycles. The average Bonchev–Trinajstić information content (AvgIpc) is 2.47. The highest BCUT2D eigenvalue weighted by Crippen LogP contribution is 2.30. The number of nitrogens with zero attached hydrogens (tertiary/aromatic N) is 2. The Hall–Kier alpha value is -2.16. The van der Waals surface area contributed by atoms with Crippen molar-refractivity contribution in [1.82, 2.24) is 4.90 Å². The maximum atomic E-state index is 3.35. The lowest BCUT2D eigenvalue weighted by molar-refractivity contribution is 0.245. The molecule has 2 aliphatic heterocycles. The highest BCUT2D eigenvalue weighted by molar-refractivity contribution is 5.74. The van der Waals surface area contributed by atoms with Crippen molar-refractivity contribution in [2.75, 3.05) is 43.4 Å². The Labute approximate surface area is 139 Å². The van der Waals surface area contributed by atoms with Gasteiger partial charge in [-0.05, 0) is 54.7 Å². The molecule has 23 heavy (non-hydrogen) atoms. The molecule has 1 N–H and O–H groups in total. The van der Waals surface area contributed by atoms with Gasteiger partial charge in [-0.2, -0.15) is 0 Å². The van der Waals surface area contributed by atoms with Gasteiger partial charge in [0.2, 0.25) is 0 Å². The summed E-state index contributed by atoms with van der Waals surface area (Å²) in [5, 5.41) is 3.35. The van der Waals surface area contributed by atoms with Crippen molar-refractivity contribution in [1.29, 1.82) is 0 Å². The fourth-order valence-corrected chi connectivity index (χ4v) is 3.32. The summed E-state index contributed by atoms with van der Waals surface area (Å²) in [4.78, 5) is 4.88. The number of anilines is 2. The summed E-state index contributed by atoms with van der Waals surface area (Å²) in [6.07, 6.45) is 12.9. The Morgan fingerprint density at radius 1 is 1.00 bits per heavy atom. The van der Waals surface area contributed by atoms with Crippen LogP contribution in [0.5, 0.6) is 0 Å². The third kappa shape index (κ3) is 2.88. The van der Waals surface area contributed by atoms with Gasteiger partial charge in [0.05, 0.1) is 0 Å². The van der Waals surface area contributed by atoms with Gasteiger partial charge >= 0.3 is 0 Å². The molecule has 2 fully saturated rings. The molecule has 0 amide bonds. The van der Waals surface area contributed by atoms with Crippen LogP contribution in [0.3, 0.4) is 0 Å². The van der Waals surface area contributed by atoms with Gasteiger partial charge in [0.1, 0.15) is 0 Å². The normalized spacial score (nSPS) is 21.8. The first-order valence-electron chi connectivity index (χ1n) is 8.74. The first-order valence-corrected chi connectivity index (χ1v) is 8.74. The number of allylic oxidation sites excluding steroid dienone is 4. The second-order valence-electron chi connectivity index (χ2n) is 6.59. The maximum Gasteiger partial charge on any atom is 0.0432 e. The van der Waals surface area contributed by atoms with E-state index in [2.05, 4.69) is 57.6 Å². The Bertz CT molecular complexity index is 676. The molecule has 0 bridgehead atoms. The molecular weight excluding hydrogens is 282 g/mol. The Morgan fingerprint density at radius 3 is 2.35 bits per heavy atom. The molecule has 1 aromatic rings. The predicted molar refractivity (Wildman–Crippen MR) is 98.8 cm³/mol. The van der Waals surface area contributed by atoms with Crippen LogP contribution in [0.15, 0.2) is 47.7 Å². The molecule has 0 atom stereocenters. The van der Waals surface area contributed by atoms with E-state index in [1.807, 2.05) is 7.05 Å². The lowest BCUT2D eigenvalue weighted by atomic mass is 10.00. The lowest BCUT2D eigenvalue weighted by Crippen LogP contribution is -2.36. The van der Waals surface area contributed by atoms with E-state index in [1.165, 1.54) is 67.2 Å². The van der Waals surface area contributed by atoms with Crippen molar-refractivity contribution < 1.29 is 0 Å². The van der Waals surface area contributed by atoms with Crippen LogP contribution in [-0.4, -0.2) is 38.1 Å². The zero-order valence-electron chi connectivity index (χ0n) is 13.9. The van der Waals surface area contributed by atoms with Gasteiger partial charge in [-0.1, -0.05) is 18.2 Å². The molecule has 0 radical (unpaired) electrons. The number of hydrogen-bond acceptors (Lipinski definition) is 3. The molecule has 3 aliphatic rings. The van der Waals surface area contributed by atoms with E-state index in [9.17, 15) is 0 Å². The molecule has 1 aliphatic carbocycles. The minimum Gasteiger partial charge on any atom is -0.388 e. The molecule has 0 unspecified atom stereocenters. The number of likely N-dealkylation sites (tertiary alicyclic amines) is 1. The summed E-state index contributed by atoms with van der Waals surface area (Å²) in [6.45, 7) is 4.82. The number of rotatable bonds is 4. The quantitative estimate of drug-likeness (QED) is 0.911. The highest BCUT2D eigenvalue weighted by Gasteiger charge is 2.17. The van der Waals surface area contributed by atoms with Crippen LogP contribution < -0.4 is 10.2 Å². The summed E-state index contributed by atoms with van der Waals surface area (Å²) in [5.41, 5.74) is 6.60. The van der Waals surface area contributed by atoms with E-state index in [1.54, 1.807) is 0 Å². The van der Waals surface area contributed by atoms with Crippen LogP contribution in [-0.2, 0) is 0 Å². The summed E-state index contributed by atoms with van der Waals surface area (Å²) in [6, 6.07) is 6.77. The predicted octanol–water partition coefficient (Wildman–Crippen LogP) is 3.87. The molecule has 1 aromatic carbocycles. The van der Waals surface area contributed by atoms with Crippen molar-refractivity contribution >= 4 is 17.5 Å². The second-order valence-corrected chi connectivity index (χ2v) is 6.59. The molecule has 0 spiro atoms. The maximum absolute atomic E-state index is 3.35. The third-order valence-corrected chi connectivity index (χ3v) is 5.10. The van der Waals surface area contributed by atoms with Gasteiger partial charge in [0, 0.05) is 50.3 Å². The van der Waals surface area contributed by atoms with Crippen LogP contribution in [0.4, 0.5) is 11.4 Å². The van der Waals surface area contributed by atoms with Crippen molar-refractivity contribution in [3.8, 4) is 0 Å². The van der Waals surface area contributed by atoms with E-state index < -0.39 is 0 Å². The fourth-order valence-electron chi connectivity index (χ4n) is 3.32. The van der Waals surface area contributed by atoms with E-state index in [0.717, 1.165) is 6.42 Å². The van der Waals surface area contributed by atoms with Crippen LogP contribution in [0, 0.1) is 0 Å². The van der Waals surface area contributed by atoms with Crippen molar-refractivity contribution in [3.05, 3.63) is 53.3 Å². The van der Waals surface area contributed by atoms with Crippen LogP contribution >= 0.6 is 0 Å². The zero-order valence-corrected chi connectivity index (χ0v) is 13.9. The van der Waals surface area contributed by atoms with Gasteiger partial charge in [-0.3, -0.25) is 0 Å². The van der Waals surface area contributed by atoms with Crippen LogP contribution in [0.1, 0.15) is 24.8 Å². The Balaban J connectivity index is 1.51. The molecular formula is C20H25N3. The standard InChI is InChI=1S/C20H25N3/c1-21-20-15-19(23-12-3-13-23)9-6-17(20)14-16-4-7-18(8-5-16)22-10-2-11-22/h4,6-9,14-15,21H,2-3,5,10-13H2,1H3/b16-14-. The van der Waals surface area contributed by atoms with Gasteiger partial charge < -0.3 is 15.1 Å². The molecule has 0 saturated carbocycles. The van der Waals surface area contributed by atoms with Crippen LogP contribution in [0.2, 0.25) is 0 Å². The minimum atomic E-state index is 1.03. The Morgan fingerprint density at radius 2 is 1.78 bits per heavy atom. The fraction of sp³-hybridized carbons (Fsp3) is 0.400. The van der Waals surface area contributed by atoms with Gasteiger partial charge in [0.25, 0.3) is 0 Å². The minimum absolute atomic E-state index is 1.03. The van der Waals surface area contributed by atoms with Crippen LogP contribution in [0.25, 0.3) is 6.08 Å². The van der Waals surface area contributed by atoms with Gasteiger partial charge in [-0.25, -0.2) is 0 Å². The highest BCUT2D eigenvalue weighted by atomic mass is 15.2. The third-order valence-electron chi connectivity index (χ3n) is 5.10. The van der Waals surface area contributed by atoms with E-state index in [0.29, 0.717) is 0 Å². The van der Waals surface area contributed by atoms with Crippen molar-refractivity contribution in [3.63, 3.8) is 0 Å². The molecule has 3 nitrogen and oxygen atoms in total. The van der Waals surface area contributed by atoms with Crippen molar-refractivity contribution in [2.24, 2.45) is 0 Å². The first-order chi connectivity index (χ1) is 11.3. The van der Waals surface area contributed by atoms with E-state index in [4.69, 9.17) is 0 Å². The van der Waals surface area contributed by atoms with E-state index in [-0.39, 0.29) is 0 Å². The summed E-state index contributed by atoms with van der Waals surface area (Å²) < 4.78 is 0. The number of hydrogen-bond donors (Lipinski definition) is 1. The largest absolute Gasteiger partial charge is 0.388 e. The lowest BCUT2D eigenvalue weighted by Gasteiger charge is -2.35. The zero-order chi connectivity index (χ0) is 15.6. The molecule has 120 valence electrons. The number of benzene rings is 1. The van der Waals surface area contributed by atoms with E-state index >= 15 is 0 Å². The monoisotopic (exact) mass is 307 g/mol. The average molecular weight is 307 g/mol. The van der Waals surface area contributed by atoms with Crippen molar-refractivity contribution in [2.45, 2.75) is 19.3 Å².